The van der Waals surface area contributed by atoms with Gasteiger partial charge in [-0.2, -0.15) is 0 Å². The number of rotatable bonds is 5. The van der Waals surface area contributed by atoms with Crippen molar-refractivity contribution >= 4 is 72.6 Å². The summed E-state index contributed by atoms with van der Waals surface area (Å²) in [4.78, 5) is 65.3. The van der Waals surface area contributed by atoms with E-state index < -0.39 is 47.0 Å². The number of anilines is 2. The molecule has 1 aliphatic carbocycles. The van der Waals surface area contributed by atoms with Crippen molar-refractivity contribution in [2.45, 2.75) is 18.6 Å². The normalized spacial score (nSPS) is 21.1. The van der Waals surface area contributed by atoms with E-state index in [2.05, 4.69) is 42.5 Å². The van der Waals surface area contributed by atoms with Gasteiger partial charge < -0.3 is 20.5 Å². The molecule has 3 unspecified atom stereocenters. The van der Waals surface area contributed by atoms with Crippen molar-refractivity contribution in [1.29, 1.82) is 0 Å². The number of carbonyl (C=O) groups is 5. The number of carboxylic acid groups (broad SMARTS) is 1. The van der Waals surface area contributed by atoms with E-state index in [0.717, 1.165) is 0 Å². The summed E-state index contributed by atoms with van der Waals surface area (Å²) in [5.41, 5.74) is -1.06. The van der Waals surface area contributed by atoms with Gasteiger partial charge >= 0.3 is 5.97 Å². The summed E-state index contributed by atoms with van der Waals surface area (Å²) in [6.07, 6.45) is -1.24. The molecular formula is C28H20Br2N2O7. The van der Waals surface area contributed by atoms with Gasteiger partial charge in [0.25, 0.3) is 0 Å². The highest BCUT2D eigenvalue weighted by Crippen LogP contribution is 2.54. The first kappa shape index (κ1) is 26.9. The van der Waals surface area contributed by atoms with Crippen molar-refractivity contribution < 1.29 is 33.8 Å². The minimum absolute atomic E-state index is 0.0547. The van der Waals surface area contributed by atoms with Crippen molar-refractivity contribution in [3.05, 3.63) is 92.4 Å². The van der Waals surface area contributed by atoms with Gasteiger partial charge in [0.1, 0.15) is 5.92 Å². The average molecular weight is 656 g/mol. The predicted molar refractivity (Wildman–Crippen MR) is 147 cm³/mol. The first-order chi connectivity index (χ1) is 18.5. The van der Waals surface area contributed by atoms with Gasteiger partial charge in [0, 0.05) is 38.4 Å². The van der Waals surface area contributed by atoms with Crippen LogP contribution in [0.2, 0.25) is 0 Å². The fourth-order valence-electron chi connectivity index (χ4n) is 5.19. The number of hydrogen-bond acceptors (Lipinski definition) is 6. The van der Waals surface area contributed by atoms with Crippen molar-refractivity contribution in [2.75, 3.05) is 10.6 Å². The molecule has 0 saturated carbocycles. The zero-order valence-corrected chi connectivity index (χ0v) is 23.4. The quantitative estimate of drug-likeness (QED) is 0.328. The molecule has 1 spiro atoms. The highest BCUT2D eigenvalue weighted by molar-refractivity contribution is 9.13. The fourth-order valence-corrected chi connectivity index (χ4v) is 5.84. The zero-order chi connectivity index (χ0) is 28.1. The summed E-state index contributed by atoms with van der Waals surface area (Å²) < 4.78 is 7.49. The Balaban J connectivity index is 1.60. The standard InChI is InChI=1S/C28H20Br2N2O7/c1-13(33)31-15-7-9-16(10-8-15)32-26(36)21-22(27(37)38)28(24(34)17-4-2-3-5-18(17)25(28)35)39-23(21)14-6-11-19(29)20(30)12-14/h2-12,21-23H,1H3,(H,31,33)(H,32,36)(H,37,38). The largest absolute Gasteiger partial charge is 0.481 e. The molecule has 5 rings (SSSR count). The maximum absolute atomic E-state index is 13.8. The molecule has 3 atom stereocenters. The van der Waals surface area contributed by atoms with Crippen LogP contribution >= 0.6 is 31.9 Å². The monoisotopic (exact) mass is 654 g/mol. The van der Waals surface area contributed by atoms with Crippen LogP contribution in [0.3, 0.4) is 0 Å². The highest BCUT2D eigenvalue weighted by Gasteiger charge is 2.71. The van der Waals surface area contributed by atoms with Crippen LogP contribution in [0, 0.1) is 11.8 Å². The van der Waals surface area contributed by atoms with Crippen LogP contribution < -0.4 is 10.6 Å². The molecule has 0 aromatic heterocycles. The van der Waals surface area contributed by atoms with Crippen LogP contribution in [-0.4, -0.2) is 40.1 Å². The highest BCUT2D eigenvalue weighted by atomic mass is 79.9. The SMILES string of the molecule is CC(=O)Nc1ccc(NC(=O)C2C(c3ccc(Br)c(Br)c3)OC3(C(=O)c4ccccc4C3=O)C2C(=O)O)cc1. The molecule has 11 heteroatoms. The summed E-state index contributed by atoms with van der Waals surface area (Å²) in [6, 6.07) is 17.2. The number of halogens is 2. The van der Waals surface area contributed by atoms with Crippen LogP contribution in [0.25, 0.3) is 0 Å². The number of carbonyl (C=O) groups excluding carboxylic acids is 4. The number of hydrogen-bond donors (Lipinski definition) is 3. The molecule has 3 N–H and O–H groups in total. The molecule has 3 aromatic carbocycles. The van der Waals surface area contributed by atoms with Crippen molar-refractivity contribution in [2.24, 2.45) is 11.8 Å². The van der Waals surface area contributed by atoms with E-state index in [1.807, 2.05) is 0 Å². The lowest BCUT2D eigenvalue weighted by Crippen LogP contribution is -2.52. The number of benzene rings is 3. The average Bonchev–Trinajstić information content (AvgIpc) is 3.37. The number of Topliss-reactive ketones (excluding diaryl/α,β-unsaturated/α-hetero) is 2. The second-order valence-corrected chi connectivity index (χ2v) is 10.9. The lowest BCUT2D eigenvalue weighted by atomic mass is 9.75. The van der Waals surface area contributed by atoms with E-state index in [1.54, 1.807) is 42.5 Å². The van der Waals surface area contributed by atoms with Crippen LogP contribution in [0.4, 0.5) is 11.4 Å². The third-order valence-electron chi connectivity index (χ3n) is 6.84. The van der Waals surface area contributed by atoms with Crippen LogP contribution in [0.1, 0.15) is 39.3 Å². The third-order valence-corrected chi connectivity index (χ3v) is 8.72. The van der Waals surface area contributed by atoms with Crippen molar-refractivity contribution in [3.63, 3.8) is 0 Å². The zero-order valence-electron chi connectivity index (χ0n) is 20.2. The van der Waals surface area contributed by atoms with E-state index in [1.165, 1.54) is 31.2 Å². The van der Waals surface area contributed by atoms with Crippen LogP contribution in [0.5, 0.6) is 0 Å². The van der Waals surface area contributed by atoms with Gasteiger partial charge in [-0.1, -0.05) is 30.3 Å². The third kappa shape index (κ3) is 4.50. The second kappa shape index (κ2) is 10.1. The van der Waals surface area contributed by atoms with Gasteiger partial charge in [0.2, 0.25) is 29.0 Å². The smallest absolute Gasteiger partial charge is 0.311 e. The molecule has 0 bridgehead atoms. The Morgan fingerprint density at radius 3 is 1.92 bits per heavy atom. The number of amides is 2. The molecule has 1 saturated heterocycles. The van der Waals surface area contributed by atoms with Crippen molar-refractivity contribution in [3.8, 4) is 0 Å². The Morgan fingerprint density at radius 1 is 0.846 bits per heavy atom. The Morgan fingerprint density at radius 2 is 1.41 bits per heavy atom. The number of nitrogens with one attached hydrogen (secondary N) is 2. The Bertz CT molecular complexity index is 1520. The Hall–Kier alpha value is -3.67. The van der Waals surface area contributed by atoms with Crippen LogP contribution in [0.15, 0.2) is 75.7 Å². The lowest BCUT2D eigenvalue weighted by molar-refractivity contribution is -0.147. The molecule has 1 heterocycles. The van der Waals surface area contributed by atoms with E-state index in [4.69, 9.17) is 4.74 Å². The molecule has 3 aromatic rings. The number of fused-ring (bicyclic) bond motifs is 1. The van der Waals surface area contributed by atoms with E-state index >= 15 is 0 Å². The Kier molecular flexibility index (Phi) is 7.00. The maximum Gasteiger partial charge on any atom is 0.311 e. The van der Waals surface area contributed by atoms with E-state index in [-0.39, 0.29) is 17.0 Å². The number of carboxylic acids is 1. The number of ketones is 2. The summed E-state index contributed by atoms with van der Waals surface area (Å²) in [5, 5.41) is 15.7. The van der Waals surface area contributed by atoms with Gasteiger partial charge in [-0.3, -0.25) is 24.0 Å². The predicted octanol–water partition coefficient (Wildman–Crippen LogP) is 5.02. The van der Waals surface area contributed by atoms with Gasteiger partial charge in [-0.25, -0.2) is 0 Å². The molecule has 1 aliphatic heterocycles. The molecule has 1 fully saturated rings. The number of ether oxygens (including phenoxy) is 1. The maximum atomic E-state index is 13.8. The summed E-state index contributed by atoms with van der Waals surface area (Å²) in [6.45, 7) is 1.36. The summed E-state index contributed by atoms with van der Waals surface area (Å²) in [7, 11) is 0. The van der Waals surface area contributed by atoms with E-state index in [0.29, 0.717) is 25.9 Å². The summed E-state index contributed by atoms with van der Waals surface area (Å²) >= 11 is 6.80. The first-order valence-electron chi connectivity index (χ1n) is 11.8. The van der Waals surface area contributed by atoms with E-state index in [9.17, 15) is 29.1 Å². The van der Waals surface area contributed by atoms with Gasteiger partial charge in [-0.15, -0.1) is 0 Å². The second-order valence-electron chi connectivity index (χ2n) is 9.24. The van der Waals surface area contributed by atoms with Crippen molar-refractivity contribution in [1.82, 2.24) is 0 Å². The topological polar surface area (TPSA) is 139 Å². The molecule has 9 nitrogen and oxygen atoms in total. The summed E-state index contributed by atoms with van der Waals surface area (Å²) in [5.74, 6) is -7.35. The molecule has 2 amide bonds. The Labute approximate surface area is 239 Å². The van der Waals surface area contributed by atoms with Gasteiger partial charge in [0.15, 0.2) is 0 Å². The minimum Gasteiger partial charge on any atom is -0.481 e. The molecule has 39 heavy (non-hydrogen) atoms. The lowest BCUT2D eigenvalue weighted by Gasteiger charge is -2.25. The first-order valence-corrected chi connectivity index (χ1v) is 13.4. The number of aliphatic carboxylic acids is 1. The fraction of sp³-hybridized carbons (Fsp3) is 0.179. The van der Waals surface area contributed by atoms with Crippen LogP contribution in [-0.2, 0) is 19.1 Å². The molecule has 2 aliphatic rings. The van der Waals surface area contributed by atoms with Gasteiger partial charge in [-0.05, 0) is 73.8 Å². The minimum atomic E-state index is -2.41. The molecular weight excluding hydrogens is 636 g/mol. The molecule has 0 radical (unpaired) electrons. The van der Waals surface area contributed by atoms with Gasteiger partial charge in [0.05, 0.1) is 12.0 Å². The molecule has 198 valence electrons.